The number of hydrogen-bond acceptors (Lipinski definition) is 6. The van der Waals surface area contributed by atoms with Crippen LogP contribution in [-0.2, 0) is 9.47 Å². The molecule has 1 saturated heterocycles. The van der Waals surface area contributed by atoms with Crippen molar-refractivity contribution in [1.29, 1.82) is 0 Å². The molecule has 4 atom stereocenters. The van der Waals surface area contributed by atoms with Crippen molar-refractivity contribution >= 4 is 0 Å². The van der Waals surface area contributed by atoms with Gasteiger partial charge in [0.15, 0.2) is 0 Å². The minimum absolute atomic E-state index is 0.00881. The monoisotopic (exact) mass is 207 g/mol. The van der Waals surface area contributed by atoms with E-state index in [0.29, 0.717) is 13.2 Å². The molecular formula is C8H17NO5. The molecule has 0 aromatic heterocycles. The predicted molar refractivity (Wildman–Crippen MR) is 47.6 cm³/mol. The molecule has 6 nitrogen and oxygen atoms in total. The Hall–Kier alpha value is -0.240. The maximum Gasteiger partial charge on any atom is 0.111 e. The number of ether oxygens (including phenoxy) is 2. The Morgan fingerprint density at radius 3 is 2.64 bits per heavy atom. The van der Waals surface area contributed by atoms with Gasteiger partial charge in [-0.3, -0.25) is 0 Å². The first kappa shape index (κ1) is 11.8. The van der Waals surface area contributed by atoms with Gasteiger partial charge in [-0.25, -0.2) is 0 Å². The van der Waals surface area contributed by atoms with Gasteiger partial charge in [-0.1, -0.05) is 0 Å². The fourth-order valence-corrected chi connectivity index (χ4v) is 1.30. The summed E-state index contributed by atoms with van der Waals surface area (Å²) in [6.45, 7) is 0.955. The fraction of sp³-hybridized carbons (Fsp3) is 1.00. The van der Waals surface area contributed by atoms with Crippen molar-refractivity contribution in [2.24, 2.45) is 5.73 Å². The van der Waals surface area contributed by atoms with Crippen LogP contribution in [-0.4, -0.2) is 66.1 Å². The SMILES string of the molecule is NCCOC[C@H]1OC[C@H](O)[C@@H](O)[C@@H]1O. The van der Waals surface area contributed by atoms with E-state index in [4.69, 9.17) is 20.3 Å². The summed E-state index contributed by atoms with van der Waals surface area (Å²) in [5.41, 5.74) is 5.21. The molecule has 0 saturated carbocycles. The van der Waals surface area contributed by atoms with Crippen LogP contribution in [0.15, 0.2) is 0 Å². The average Bonchev–Trinajstić information content (AvgIpc) is 2.18. The quantitative estimate of drug-likeness (QED) is 0.378. The lowest BCUT2D eigenvalue weighted by molar-refractivity contribution is -0.199. The predicted octanol–water partition coefficient (Wildman–Crippen LogP) is -2.56. The summed E-state index contributed by atoms with van der Waals surface area (Å²) in [5, 5.41) is 27.9. The van der Waals surface area contributed by atoms with E-state index in [0.717, 1.165) is 0 Å². The summed E-state index contributed by atoms with van der Waals surface area (Å²) in [6.07, 6.45) is -3.91. The van der Waals surface area contributed by atoms with E-state index in [1.807, 2.05) is 0 Å². The van der Waals surface area contributed by atoms with Crippen LogP contribution in [0.3, 0.4) is 0 Å². The molecule has 0 aromatic carbocycles. The lowest BCUT2D eigenvalue weighted by Crippen LogP contribution is -2.54. The number of rotatable bonds is 4. The van der Waals surface area contributed by atoms with E-state index >= 15 is 0 Å². The van der Waals surface area contributed by atoms with Crippen LogP contribution in [0.25, 0.3) is 0 Å². The summed E-state index contributed by atoms with van der Waals surface area (Å²) in [4.78, 5) is 0. The molecule has 0 radical (unpaired) electrons. The van der Waals surface area contributed by atoms with E-state index in [-0.39, 0.29) is 13.2 Å². The molecule has 0 bridgehead atoms. The third-order valence-electron chi connectivity index (χ3n) is 2.15. The van der Waals surface area contributed by atoms with E-state index in [2.05, 4.69) is 0 Å². The van der Waals surface area contributed by atoms with Gasteiger partial charge in [-0.15, -0.1) is 0 Å². The molecule has 1 aliphatic heterocycles. The van der Waals surface area contributed by atoms with Gasteiger partial charge >= 0.3 is 0 Å². The van der Waals surface area contributed by atoms with Gasteiger partial charge in [-0.05, 0) is 0 Å². The third kappa shape index (κ3) is 2.88. The zero-order chi connectivity index (χ0) is 10.6. The second-order valence-electron chi connectivity index (χ2n) is 3.28. The minimum atomic E-state index is -1.17. The van der Waals surface area contributed by atoms with Crippen LogP contribution >= 0.6 is 0 Å². The van der Waals surface area contributed by atoms with Crippen LogP contribution < -0.4 is 5.73 Å². The fourth-order valence-electron chi connectivity index (χ4n) is 1.30. The zero-order valence-electron chi connectivity index (χ0n) is 7.87. The molecule has 84 valence electrons. The first-order valence-corrected chi connectivity index (χ1v) is 4.60. The highest BCUT2D eigenvalue weighted by molar-refractivity contribution is 4.86. The zero-order valence-corrected chi connectivity index (χ0v) is 7.87. The second kappa shape index (κ2) is 5.59. The summed E-state index contributed by atoms with van der Waals surface area (Å²) in [5.74, 6) is 0. The first-order valence-electron chi connectivity index (χ1n) is 4.60. The first-order chi connectivity index (χ1) is 6.66. The van der Waals surface area contributed by atoms with Crippen molar-refractivity contribution in [3.05, 3.63) is 0 Å². The molecule has 0 aromatic rings. The van der Waals surface area contributed by atoms with Crippen LogP contribution in [0.5, 0.6) is 0 Å². The molecule has 14 heavy (non-hydrogen) atoms. The van der Waals surface area contributed by atoms with Crippen molar-refractivity contribution in [3.8, 4) is 0 Å². The number of aliphatic hydroxyl groups is 3. The highest BCUT2D eigenvalue weighted by Gasteiger charge is 2.37. The highest BCUT2D eigenvalue weighted by atomic mass is 16.6. The van der Waals surface area contributed by atoms with Crippen molar-refractivity contribution in [3.63, 3.8) is 0 Å². The highest BCUT2D eigenvalue weighted by Crippen LogP contribution is 2.15. The van der Waals surface area contributed by atoms with E-state index < -0.39 is 24.4 Å². The van der Waals surface area contributed by atoms with E-state index in [1.54, 1.807) is 0 Å². The molecule has 1 aliphatic rings. The van der Waals surface area contributed by atoms with Gasteiger partial charge < -0.3 is 30.5 Å². The Kier molecular flexibility index (Phi) is 4.73. The van der Waals surface area contributed by atoms with Gasteiger partial charge in [0.1, 0.15) is 24.4 Å². The molecule has 1 rings (SSSR count). The normalized spacial score (nSPS) is 38.6. The van der Waals surface area contributed by atoms with Gasteiger partial charge in [0.05, 0.1) is 19.8 Å². The second-order valence-corrected chi connectivity index (χ2v) is 3.28. The van der Waals surface area contributed by atoms with Crippen molar-refractivity contribution in [2.45, 2.75) is 24.4 Å². The Morgan fingerprint density at radius 2 is 2.00 bits per heavy atom. The molecule has 0 unspecified atom stereocenters. The third-order valence-corrected chi connectivity index (χ3v) is 2.15. The van der Waals surface area contributed by atoms with Crippen molar-refractivity contribution in [2.75, 3.05) is 26.4 Å². The van der Waals surface area contributed by atoms with Crippen LogP contribution in [0.4, 0.5) is 0 Å². The Morgan fingerprint density at radius 1 is 1.29 bits per heavy atom. The van der Waals surface area contributed by atoms with Crippen molar-refractivity contribution < 1.29 is 24.8 Å². The van der Waals surface area contributed by atoms with E-state index in [9.17, 15) is 10.2 Å². The standard InChI is InChI=1S/C8H17NO5/c9-1-2-13-4-6-8(12)7(11)5(10)3-14-6/h5-8,10-12H,1-4,9H2/t5-,6+,7+,8+/m0/s1. The van der Waals surface area contributed by atoms with Crippen LogP contribution in [0.2, 0.25) is 0 Å². The number of aliphatic hydroxyl groups excluding tert-OH is 3. The van der Waals surface area contributed by atoms with Gasteiger partial charge in [0, 0.05) is 6.54 Å². The molecule has 0 amide bonds. The van der Waals surface area contributed by atoms with Gasteiger partial charge in [-0.2, -0.15) is 0 Å². The molecule has 0 aliphatic carbocycles. The summed E-state index contributed by atoms with van der Waals surface area (Å²) in [6, 6.07) is 0. The Bertz CT molecular complexity index is 168. The van der Waals surface area contributed by atoms with Gasteiger partial charge in [0.25, 0.3) is 0 Å². The Labute approximate surface area is 82.2 Å². The molecule has 0 spiro atoms. The molecule has 1 heterocycles. The summed E-state index contributed by atoms with van der Waals surface area (Å²) in [7, 11) is 0. The molecule has 5 N–H and O–H groups in total. The minimum Gasteiger partial charge on any atom is -0.388 e. The lowest BCUT2D eigenvalue weighted by atomic mass is 10.0. The smallest absolute Gasteiger partial charge is 0.111 e. The van der Waals surface area contributed by atoms with Crippen molar-refractivity contribution in [1.82, 2.24) is 0 Å². The number of nitrogens with two attached hydrogens (primary N) is 1. The van der Waals surface area contributed by atoms with Crippen LogP contribution in [0, 0.1) is 0 Å². The number of hydrogen-bond donors (Lipinski definition) is 4. The van der Waals surface area contributed by atoms with Crippen LogP contribution in [0.1, 0.15) is 0 Å². The summed E-state index contributed by atoms with van der Waals surface area (Å²) >= 11 is 0. The molecular weight excluding hydrogens is 190 g/mol. The molecule has 6 heteroatoms. The Balaban J connectivity index is 2.31. The van der Waals surface area contributed by atoms with Gasteiger partial charge in [0.2, 0.25) is 0 Å². The maximum atomic E-state index is 9.46. The average molecular weight is 207 g/mol. The topological polar surface area (TPSA) is 105 Å². The van der Waals surface area contributed by atoms with E-state index in [1.165, 1.54) is 0 Å². The molecule has 1 fully saturated rings. The largest absolute Gasteiger partial charge is 0.388 e. The summed E-state index contributed by atoms with van der Waals surface area (Å²) < 4.78 is 10.2. The lowest BCUT2D eigenvalue weighted by Gasteiger charge is -2.34. The maximum absolute atomic E-state index is 9.46.